The molecule has 0 N–H and O–H groups in total. The summed E-state index contributed by atoms with van der Waals surface area (Å²) in [6.07, 6.45) is 1.82. The molecule has 2 aromatic rings. The maximum atomic E-state index is 4.45. The third-order valence-corrected chi connectivity index (χ3v) is 2.52. The zero-order valence-electron chi connectivity index (χ0n) is 9.52. The van der Waals surface area contributed by atoms with E-state index in [9.17, 15) is 0 Å². The molecule has 0 bridgehead atoms. The maximum absolute atomic E-state index is 4.45. The molecule has 2 aromatic heterocycles. The molecular formula is C10H15N5. The summed E-state index contributed by atoms with van der Waals surface area (Å²) >= 11 is 0. The van der Waals surface area contributed by atoms with E-state index in [1.165, 1.54) is 0 Å². The van der Waals surface area contributed by atoms with Crippen LogP contribution in [0, 0.1) is 6.92 Å². The van der Waals surface area contributed by atoms with E-state index in [0.717, 1.165) is 29.2 Å². The fourth-order valence-corrected chi connectivity index (χ4v) is 1.55. The van der Waals surface area contributed by atoms with E-state index in [0.29, 0.717) is 0 Å². The lowest BCUT2D eigenvalue weighted by Gasteiger charge is -2.16. The van der Waals surface area contributed by atoms with Gasteiger partial charge in [-0.1, -0.05) is 0 Å². The van der Waals surface area contributed by atoms with Crippen LogP contribution in [0.4, 0.5) is 5.82 Å². The second-order valence-electron chi connectivity index (χ2n) is 3.61. The normalized spacial score (nSPS) is 10.9. The molecule has 2 rings (SSSR count). The van der Waals surface area contributed by atoms with E-state index in [2.05, 4.69) is 26.9 Å². The van der Waals surface area contributed by atoms with Crippen LogP contribution in [0.15, 0.2) is 6.20 Å². The number of nitrogens with zero attached hydrogens (tertiary/aromatic N) is 5. The molecule has 0 saturated carbocycles. The van der Waals surface area contributed by atoms with Crippen molar-refractivity contribution in [3.8, 4) is 0 Å². The average Bonchev–Trinajstić information content (AvgIpc) is 2.58. The highest BCUT2D eigenvalue weighted by atomic mass is 15.3. The molecule has 0 unspecified atom stereocenters. The molecule has 80 valence electrons. The van der Waals surface area contributed by atoms with Crippen molar-refractivity contribution in [2.45, 2.75) is 13.8 Å². The van der Waals surface area contributed by atoms with E-state index in [1.54, 1.807) is 4.68 Å². The first kappa shape index (κ1) is 9.89. The van der Waals surface area contributed by atoms with Crippen LogP contribution >= 0.6 is 0 Å². The zero-order chi connectivity index (χ0) is 11.0. The standard InChI is InChI=1S/C10H15N5/c1-5-14(3)9-8-6-11-15(4)10(8)13-7(2)12-9/h6H,5H2,1-4H3. The van der Waals surface area contributed by atoms with Gasteiger partial charge in [0.15, 0.2) is 5.65 Å². The molecule has 0 aromatic carbocycles. The summed E-state index contributed by atoms with van der Waals surface area (Å²) in [5.41, 5.74) is 0.887. The second kappa shape index (κ2) is 3.49. The number of aryl methyl sites for hydroxylation is 2. The molecule has 5 heteroatoms. The molecular weight excluding hydrogens is 190 g/mol. The van der Waals surface area contributed by atoms with E-state index in [1.807, 2.05) is 27.2 Å². The fourth-order valence-electron chi connectivity index (χ4n) is 1.55. The van der Waals surface area contributed by atoms with Crippen molar-refractivity contribution in [1.82, 2.24) is 19.7 Å². The first-order valence-corrected chi connectivity index (χ1v) is 5.01. The number of aromatic nitrogens is 4. The second-order valence-corrected chi connectivity index (χ2v) is 3.61. The fraction of sp³-hybridized carbons (Fsp3) is 0.500. The highest BCUT2D eigenvalue weighted by Gasteiger charge is 2.11. The van der Waals surface area contributed by atoms with E-state index in [-0.39, 0.29) is 0 Å². The summed E-state index contributed by atoms with van der Waals surface area (Å²) in [6.45, 7) is 4.92. The summed E-state index contributed by atoms with van der Waals surface area (Å²) in [7, 11) is 3.92. The minimum Gasteiger partial charge on any atom is -0.359 e. The molecule has 0 spiro atoms. The zero-order valence-corrected chi connectivity index (χ0v) is 9.52. The Morgan fingerprint density at radius 1 is 1.40 bits per heavy atom. The number of rotatable bonds is 2. The van der Waals surface area contributed by atoms with Gasteiger partial charge in [0.05, 0.1) is 11.6 Å². The Kier molecular flexibility index (Phi) is 2.30. The Balaban J connectivity index is 2.72. The van der Waals surface area contributed by atoms with Crippen LogP contribution in [0.1, 0.15) is 12.7 Å². The third-order valence-electron chi connectivity index (χ3n) is 2.52. The van der Waals surface area contributed by atoms with Gasteiger partial charge < -0.3 is 4.90 Å². The lowest BCUT2D eigenvalue weighted by atomic mass is 10.3. The van der Waals surface area contributed by atoms with Gasteiger partial charge in [-0.15, -0.1) is 0 Å². The van der Waals surface area contributed by atoms with Crippen LogP contribution < -0.4 is 4.90 Å². The maximum Gasteiger partial charge on any atom is 0.163 e. The average molecular weight is 205 g/mol. The van der Waals surface area contributed by atoms with Crippen molar-refractivity contribution in [2.24, 2.45) is 7.05 Å². The molecule has 0 saturated heterocycles. The highest BCUT2D eigenvalue weighted by Crippen LogP contribution is 2.21. The Bertz CT molecular complexity index is 488. The number of anilines is 1. The van der Waals surface area contributed by atoms with Crippen LogP contribution in [0.25, 0.3) is 11.0 Å². The number of hydrogen-bond acceptors (Lipinski definition) is 4. The van der Waals surface area contributed by atoms with Crippen molar-refractivity contribution in [2.75, 3.05) is 18.5 Å². The third kappa shape index (κ3) is 1.54. The van der Waals surface area contributed by atoms with Crippen LogP contribution in [-0.2, 0) is 7.05 Å². The summed E-state index contributed by atoms with van der Waals surface area (Å²) in [5.74, 6) is 1.73. The molecule has 0 amide bonds. The smallest absolute Gasteiger partial charge is 0.163 e. The highest BCUT2D eigenvalue weighted by molar-refractivity contribution is 5.86. The molecule has 0 aliphatic rings. The van der Waals surface area contributed by atoms with Crippen molar-refractivity contribution >= 4 is 16.9 Å². The molecule has 0 aliphatic heterocycles. The molecule has 0 atom stereocenters. The molecule has 2 heterocycles. The topological polar surface area (TPSA) is 46.8 Å². The summed E-state index contributed by atoms with van der Waals surface area (Å²) in [5, 5.41) is 5.21. The van der Waals surface area contributed by atoms with Crippen molar-refractivity contribution < 1.29 is 0 Å². The predicted octanol–water partition coefficient (Wildman–Crippen LogP) is 1.13. The van der Waals surface area contributed by atoms with Gasteiger partial charge in [-0.2, -0.15) is 5.10 Å². The van der Waals surface area contributed by atoms with Gasteiger partial charge >= 0.3 is 0 Å². The Morgan fingerprint density at radius 2 is 2.13 bits per heavy atom. The van der Waals surface area contributed by atoms with Gasteiger partial charge in [0.25, 0.3) is 0 Å². The molecule has 0 radical (unpaired) electrons. The molecule has 15 heavy (non-hydrogen) atoms. The Morgan fingerprint density at radius 3 is 2.80 bits per heavy atom. The molecule has 0 fully saturated rings. The summed E-state index contributed by atoms with van der Waals surface area (Å²) in [4.78, 5) is 10.9. The quantitative estimate of drug-likeness (QED) is 0.737. The van der Waals surface area contributed by atoms with E-state index in [4.69, 9.17) is 0 Å². The van der Waals surface area contributed by atoms with E-state index < -0.39 is 0 Å². The van der Waals surface area contributed by atoms with E-state index >= 15 is 0 Å². The minimum atomic E-state index is 0.779. The summed E-state index contributed by atoms with van der Waals surface area (Å²) in [6, 6.07) is 0. The van der Waals surface area contributed by atoms with Gasteiger partial charge in [0.1, 0.15) is 11.6 Å². The van der Waals surface area contributed by atoms with Gasteiger partial charge in [-0.05, 0) is 13.8 Å². The minimum absolute atomic E-state index is 0.779. The van der Waals surface area contributed by atoms with Crippen LogP contribution in [-0.4, -0.2) is 33.3 Å². The van der Waals surface area contributed by atoms with Crippen molar-refractivity contribution in [1.29, 1.82) is 0 Å². The first-order valence-electron chi connectivity index (χ1n) is 5.01. The predicted molar refractivity (Wildman–Crippen MR) is 60.0 cm³/mol. The van der Waals surface area contributed by atoms with Gasteiger partial charge in [-0.3, -0.25) is 4.68 Å². The monoisotopic (exact) mass is 205 g/mol. The van der Waals surface area contributed by atoms with Crippen LogP contribution in [0.3, 0.4) is 0 Å². The summed E-state index contributed by atoms with van der Waals surface area (Å²) < 4.78 is 1.77. The first-order chi connectivity index (χ1) is 7.13. The van der Waals surface area contributed by atoms with Crippen LogP contribution in [0.5, 0.6) is 0 Å². The van der Waals surface area contributed by atoms with Crippen molar-refractivity contribution in [3.05, 3.63) is 12.0 Å². The lowest BCUT2D eigenvalue weighted by molar-refractivity contribution is 0.782. The largest absolute Gasteiger partial charge is 0.359 e. The van der Waals surface area contributed by atoms with Crippen molar-refractivity contribution in [3.63, 3.8) is 0 Å². The number of hydrogen-bond donors (Lipinski definition) is 0. The van der Waals surface area contributed by atoms with Gasteiger partial charge in [0.2, 0.25) is 0 Å². The molecule has 0 aliphatic carbocycles. The lowest BCUT2D eigenvalue weighted by Crippen LogP contribution is -2.18. The van der Waals surface area contributed by atoms with Gasteiger partial charge in [0, 0.05) is 20.6 Å². The van der Waals surface area contributed by atoms with Crippen LogP contribution in [0.2, 0.25) is 0 Å². The van der Waals surface area contributed by atoms with Gasteiger partial charge in [-0.25, -0.2) is 9.97 Å². The Hall–Kier alpha value is -1.65. The number of fused-ring (bicyclic) bond motifs is 1. The molecule has 5 nitrogen and oxygen atoms in total. The SMILES string of the molecule is CCN(C)c1nc(C)nc2c1cnn2C. The Labute approximate surface area is 88.7 Å².